The van der Waals surface area contributed by atoms with Crippen molar-refractivity contribution in [2.75, 3.05) is 6.54 Å². The molecule has 1 unspecified atom stereocenters. The third-order valence-electron chi connectivity index (χ3n) is 1.86. The molecule has 0 aromatic carbocycles. The predicted molar refractivity (Wildman–Crippen MR) is 59.7 cm³/mol. The smallest absolute Gasteiger partial charge is 0.262 e. The highest BCUT2D eigenvalue weighted by Crippen LogP contribution is 2.05. The Morgan fingerprint density at radius 2 is 2.12 bits per heavy atom. The molecule has 0 fully saturated rings. The van der Waals surface area contributed by atoms with Gasteiger partial charge in [0.1, 0.15) is 12.2 Å². The first-order valence-electron chi connectivity index (χ1n) is 5.03. The van der Waals surface area contributed by atoms with Gasteiger partial charge >= 0.3 is 0 Å². The molecule has 0 aliphatic carbocycles. The van der Waals surface area contributed by atoms with Crippen LogP contribution in [0, 0.1) is 5.92 Å². The van der Waals surface area contributed by atoms with E-state index in [4.69, 9.17) is 0 Å². The molecule has 0 aliphatic heterocycles. The first kappa shape index (κ1) is 13.1. The number of aromatic amines is 1. The molecule has 1 aromatic rings. The predicted octanol–water partition coefficient (Wildman–Crippen LogP) is -0.0543. The number of H-pyrrole nitrogens is 1. The van der Waals surface area contributed by atoms with Crippen LogP contribution in [0.3, 0.4) is 0 Å². The fourth-order valence-electron chi connectivity index (χ4n) is 1.03. The van der Waals surface area contributed by atoms with E-state index in [1.807, 2.05) is 13.8 Å². The Bertz CT molecular complexity index is 400. The van der Waals surface area contributed by atoms with Crippen LogP contribution in [0.2, 0.25) is 0 Å². The van der Waals surface area contributed by atoms with Crippen molar-refractivity contribution >= 4 is 10.2 Å². The number of aromatic nitrogens is 3. The van der Waals surface area contributed by atoms with E-state index in [1.165, 1.54) is 6.33 Å². The fraction of sp³-hybridized carbons (Fsp3) is 0.750. The van der Waals surface area contributed by atoms with E-state index in [9.17, 15) is 8.42 Å². The van der Waals surface area contributed by atoms with E-state index in [1.54, 1.807) is 6.92 Å². The van der Waals surface area contributed by atoms with Gasteiger partial charge in [0.05, 0.1) is 6.04 Å². The van der Waals surface area contributed by atoms with E-state index >= 15 is 0 Å². The summed E-state index contributed by atoms with van der Waals surface area (Å²) in [7, 11) is -3.49. The SMILES string of the molecule is CC(C)CNS(=O)(=O)NC(C)c1ncn[nH]1. The minimum absolute atomic E-state index is 0.261. The maximum Gasteiger partial charge on any atom is 0.277 e. The molecule has 3 N–H and O–H groups in total. The minimum atomic E-state index is -3.49. The molecule has 1 aromatic heterocycles. The molecule has 8 heteroatoms. The fourth-order valence-corrected chi connectivity index (χ4v) is 2.24. The zero-order chi connectivity index (χ0) is 12.2. The van der Waals surface area contributed by atoms with Gasteiger partial charge in [-0.3, -0.25) is 5.10 Å². The molecule has 0 aliphatic rings. The lowest BCUT2D eigenvalue weighted by Gasteiger charge is -2.13. The Hall–Kier alpha value is -0.990. The maximum absolute atomic E-state index is 11.6. The summed E-state index contributed by atoms with van der Waals surface area (Å²) in [5, 5.41) is 6.26. The van der Waals surface area contributed by atoms with Crippen LogP contribution in [0.5, 0.6) is 0 Å². The highest BCUT2D eigenvalue weighted by atomic mass is 32.2. The van der Waals surface area contributed by atoms with Crippen LogP contribution in [0.25, 0.3) is 0 Å². The van der Waals surface area contributed by atoms with Crippen LogP contribution in [0.4, 0.5) is 0 Å². The maximum atomic E-state index is 11.6. The molecule has 16 heavy (non-hydrogen) atoms. The van der Waals surface area contributed by atoms with Gasteiger partial charge in [-0.05, 0) is 12.8 Å². The second-order valence-corrected chi connectivity index (χ2v) is 5.49. The van der Waals surface area contributed by atoms with E-state index < -0.39 is 16.3 Å². The number of nitrogens with zero attached hydrogens (tertiary/aromatic N) is 2. The molecule has 0 saturated carbocycles. The Balaban J connectivity index is 2.53. The highest BCUT2D eigenvalue weighted by Gasteiger charge is 2.17. The van der Waals surface area contributed by atoms with Crippen molar-refractivity contribution in [2.24, 2.45) is 5.92 Å². The van der Waals surface area contributed by atoms with Gasteiger partial charge < -0.3 is 0 Å². The molecule has 92 valence electrons. The lowest BCUT2D eigenvalue weighted by Crippen LogP contribution is -2.39. The Morgan fingerprint density at radius 3 is 2.62 bits per heavy atom. The third-order valence-corrected chi connectivity index (χ3v) is 3.07. The van der Waals surface area contributed by atoms with Crippen LogP contribution in [0.1, 0.15) is 32.6 Å². The van der Waals surface area contributed by atoms with E-state index in [0.29, 0.717) is 12.4 Å². The average molecular weight is 247 g/mol. The molecular formula is C8H17N5O2S. The zero-order valence-corrected chi connectivity index (χ0v) is 10.4. The third kappa shape index (κ3) is 4.25. The van der Waals surface area contributed by atoms with Gasteiger partial charge in [-0.2, -0.15) is 18.2 Å². The van der Waals surface area contributed by atoms with Crippen molar-refractivity contribution in [3.8, 4) is 0 Å². The first-order chi connectivity index (χ1) is 7.41. The largest absolute Gasteiger partial charge is 0.277 e. The standard InChI is InChI=1S/C8H17N5O2S/c1-6(2)4-11-16(14,15)13-7(3)8-9-5-10-12-8/h5-7,11,13H,4H2,1-3H3,(H,9,10,12). The summed E-state index contributed by atoms with van der Waals surface area (Å²) in [6.45, 7) is 5.96. The molecule has 1 rings (SSSR count). The van der Waals surface area contributed by atoms with Crippen LogP contribution < -0.4 is 9.44 Å². The quantitative estimate of drug-likeness (QED) is 0.656. The number of nitrogens with one attached hydrogen (secondary N) is 3. The summed E-state index contributed by atoms with van der Waals surface area (Å²) in [6.07, 6.45) is 1.33. The molecule has 0 spiro atoms. The van der Waals surface area contributed by atoms with E-state index in [0.717, 1.165) is 0 Å². The minimum Gasteiger partial charge on any atom is -0.262 e. The second kappa shape index (κ2) is 5.37. The second-order valence-electron chi connectivity index (χ2n) is 3.96. The van der Waals surface area contributed by atoms with Crippen LogP contribution in [-0.4, -0.2) is 30.1 Å². The van der Waals surface area contributed by atoms with Gasteiger partial charge in [0.15, 0.2) is 0 Å². The molecule has 0 amide bonds. The molecule has 1 atom stereocenters. The van der Waals surface area contributed by atoms with Gasteiger partial charge in [-0.1, -0.05) is 13.8 Å². The summed E-state index contributed by atoms with van der Waals surface area (Å²) in [4.78, 5) is 3.87. The van der Waals surface area contributed by atoms with Crippen molar-refractivity contribution in [3.05, 3.63) is 12.2 Å². The van der Waals surface area contributed by atoms with Crippen molar-refractivity contribution < 1.29 is 8.42 Å². The molecule has 0 saturated heterocycles. The summed E-state index contributed by atoms with van der Waals surface area (Å²) < 4.78 is 28.0. The highest BCUT2D eigenvalue weighted by molar-refractivity contribution is 7.87. The molecule has 7 nitrogen and oxygen atoms in total. The summed E-state index contributed by atoms with van der Waals surface area (Å²) >= 11 is 0. The Labute approximate surface area is 95.2 Å². The van der Waals surface area contributed by atoms with Gasteiger partial charge in [0.25, 0.3) is 10.2 Å². The number of hydrogen-bond donors (Lipinski definition) is 3. The molecule has 0 bridgehead atoms. The molecule has 0 radical (unpaired) electrons. The summed E-state index contributed by atoms with van der Waals surface area (Å²) in [5.74, 6) is 0.743. The summed E-state index contributed by atoms with van der Waals surface area (Å²) in [5.41, 5.74) is 0. The van der Waals surface area contributed by atoms with Gasteiger partial charge in [0.2, 0.25) is 0 Å². The van der Waals surface area contributed by atoms with E-state index in [-0.39, 0.29) is 5.92 Å². The Kier molecular flexibility index (Phi) is 4.39. The monoisotopic (exact) mass is 247 g/mol. The topological polar surface area (TPSA) is 99.8 Å². The van der Waals surface area contributed by atoms with Crippen LogP contribution >= 0.6 is 0 Å². The lowest BCUT2D eigenvalue weighted by molar-refractivity contribution is 0.531. The van der Waals surface area contributed by atoms with Crippen LogP contribution in [0.15, 0.2) is 6.33 Å². The van der Waals surface area contributed by atoms with Gasteiger partial charge in [0, 0.05) is 6.54 Å². The average Bonchev–Trinajstić information content (AvgIpc) is 2.67. The van der Waals surface area contributed by atoms with Crippen LogP contribution in [-0.2, 0) is 10.2 Å². The van der Waals surface area contributed by atoms with Gasteiger partial charge in [-0.25, -0.2) is 9.71 Å². The first-order valence-corrected chi connectivity index (χ1v) is 6.51. The zero-order valence-electron chi connectivity index (χ0n) is 9.56. The van der Waals surface area contributed by atoms with Gasteiger partial charge in [-0.15, -0.1) is 0 Å². The Morgan fingerprint density at radius 1 is 1.44 bits per heavy atom. The molecular weight excluding hydrogens is 230 g/mol. The molecule has 1 heterocycles. The van der Waals surface area contributed by atoms with Crippen molar-refractivity contribution in [3.63, 3.8) is 0 Å². The van der Waals surface area contributed by atoms with Crippen molar-refractivity contribution in [1.29, 1.82) is 0 Å². The lowest BCUT2D eigenvalue weighted by atomic mass is 10.2. The number of rotatable bonds is 6. The van der Waals surface area contributed by atoms with Crippen molar-refractivity contribution in [2.45, 2.75) is 26.8 Å². The van der Waals surface area contributed by atoms with E-state index in [2.05, 4.69) is 24.6 Å². The normalized spacial score (nSPS) is 14.2. The number of hydrogen-bond acceptors (Lipinski definition) is 4. The van der Waals surface area contributed by atoms with Crippen molar-refractivity contribution in [1.82, 2.24) is 24.6 Å². The summed E-state index contributed by atoms with van der Waals surface area (Å²) in [6, 6.07) is -0.438.